The molecule has 0 bridgehead atoms. The van der Waals surface area contributed by atoms with Crippen LogP contribution < -0.4 is 0 Å². The monoisotopic (exact) mass is 398 g/mol. The number of aromatic nitrogens is 5. The second kappa shape index (κ2) is 8.55. The number of hydrogen-bond acceptors (Lipinski definition) is 6. The highest BCUT2D eigenvalue weighted by atomic mass is 35.5. The molecule has 0 aliphatic heterocycles. The Morgan fingerprint density at radius 3 is 2.41 bits per heavy atom. The van der Waals surface area contributed by atoms with Crippen LogP contribution in [0.2, 0.25) is 5.15 Å². The van der Waals surface area contributed by atoms with Crippen molar-refractivity contribution in [3.05, 3.63) is 113 Å². The van der Waals surface area contributed by atoms with Crippen molar-refractivity contribution in [1.82, 2.24) is 24.9 Å². The van der Waals surface area contributed by atoms with Crippen LogP contribution in [0.5, 0.6) is 0 Å². The summed E-state index contributed by atoms with van der Waals surface area (Å²) in [5.41, 5.74) is 3.12. The standard InChI is InChI=1S/C22H15ClN6/c23-19-6-8-28-22(29-19)21(16-4-1-3-15(11-16)12-24)20(17-5-2-7-25-13-17)18-14-26-9-10-27-18/h1-11,13-14,20-21H. The van der Waals surface area contributed by atoms with E-state index in [9.17, 15) is 5.26 Å². The molecule has 0 spiro atoms. The van der Waals surface area contributed by atoms with Gasteiger partial charge in [-0.3, -0.25) is 15.0 Å². The van der Waals surface area contributed by atoms with Crippen molar-refractivity contribution in [3.63, 3.8) is 0 Å². The molecule has 3 aromatic heterocycles. The zero-order valence-corrected chi connectivity index (χ0v) is 16.0. The van der Waals surface area contributed by atoms with Gasteiger partial charge in [0.15, 0.2) is 0 Å². The fourth-order valence-electron chi connectivity index (χ4n) is 3.36. The molecule has 7 heteroatoms. The van der Waals surface area contributed by atoms with Crippen LogP contribution in [0.4, 0.5) is 0 Å². The summed E-state index contributed by atoms with van der Waals surface area (Å²) in [7, 11) is 0. The first kappa shape index (κ1) is 18.7. The first-order valence-corrected chi connectivity index (χ1v) is 9.28. The molecule has 0 aliphatic rings. The van der Waals surface area contributed by atoms with E-state index in [1.807, 2.05) is 30.3 Å². The van der Waals surface area contributed by atoms with Crippen LogP contribution in [0.1, 0.15) is 40.0 Å². The normalized spacial score (nSPS) is 12.7. The van der Waals surface area contributed by atoms with Crippen LogP contribution in [-0.2, 0) is 0 Å². The highest BCUT2D eigenvalue weighted by Crippen LogP contribution is 2.40. The van der Waals surface area contributed by atoms with Crippen LogP contribution >= 0.6 is 11.6 Å². The fourth-order valence-corrected chi connectivity index (χ4v) is 3.50. The Kier molecular flexibility index (Phi) is 5.50. The summed E-state index contributed by atoms with van der Waals surface area (Å²) < 4.78 is 0. The van der Waals surface area contributed by atoms with E-state index in [1.165, 1.54) is 0 Å². The lowest BCUT2D eigenvalue weighted by molar-refractivity contribution is 0.632. The summed E-state index contributed by atoms with van der Waals surface area (Å²) in [6, 6.07) is 15.1. The highest BCUT2D eigenvalue weighted by molar-refractivity contribution is 6.29. The Morgan fingerprint density at radius 2 is 1.69 bits per heavy atom. The Morgan fingerprint density at radius 1 is 0.828 bits per heavy atom. The van der Waals surface area contributed by atoms with Crippen LogP contribution in [0, 0.1) is 11.3 Å². The van der Waals surface area contributed by atoms with E-state index in [1.54, 1.807) is 49.3 Å². The van der Waals surface area contributed by atoms with Crippen LogP contribution in [0.3, 0.4) is 0 Å². The maximum atomic E-state index is 9.40. The average Bonchev–Trinajstić information content (AvgIpc) is 2.78. The van der Waals surface area contributed by atoms with Gasteiger partial charge in [-0.05, 0) is 35.4 Å². The molecule has 29 heavy (non-hydrogen) atoms. The predicted molar refractivity (Wildman–Crippen MR) is 108 cm³/mol. The minimum Gasteiger partial charge on any atom is -0.264 e. The molecular formula is C22H15ClN6. The zero-order valence-electron chi connectivity index (χ0n) is 15.2. The molecule has 1 aromatic carbocycles. The van der Waals surface area contributed by atoms with Crippen molar-refractivity contribution in [2.24, 2.45) is 0 Å². The van der Waals surface area contributed by atoms with Gasteiger partial charge in [0.25, 0.3) is 0 Å². The lowest BCUT2D eigenvalue weighted by Gasteiger charge is -2.26. The van der Waals surface area contributed by atoms with E-state index in [2.05, 4.69) is 31.0 Å². The van der Waals surface area contributed by atoms with Crippen LogP contribution in [0.15, 0.2) is 79.6 Å². The van der Waals surface area contributed by atoms with Crippen molar-refractivity contribution in [2.75, 3.05) is 0 Å². The third-order valence-electron chi connectivity index (χ3n) is 4.57. The van der Waals surface area contributed by atoms with Crippen LogP contribution in [0.25, 0.3) is 0 Å². The molecule has 4 aromatic rings. The number of halogens is 1. The van der Waals surface area contributed by atoms with Crippen LogP contribution in [-0.4, -0.2) is 24.9 Å². The SMILES string of the molecule is N#Cc1cccc(C(c2nccc(Cl)n2)C(c2cccnc2)c2cnccn2)c1. The Labute approximate surface area is 172 Å². The van der Waals surface area contributed by atoms with Gasteiger partial charge in [0, 0.05) is 43.1 Å². The number of hydrogen-bond donors (Lipinski definition) is 0. The minimum absolute atomic E-state index is 0.273. The Balaban J connectivity index is 1.97. The van der Waals surface area contributed by atoms with Crippen molar-refractivity contribution in [1.29, 1.82) is 5.26 Å². The largest absolute Gasteiger partial charge is 0.264 e. The van der Waals surface area contributed by atoms with Gasteiger partial charge in [0.2, 0.25) is 0 Å². The fraction of sp³-hybridized carbons (Fsp3) is 0.0909. The summed E-state index contributed by atoms with van der Waals surface area (Å²) in [5, 5.41) is 9.74. The van der Waals surface area contributed by atoms with Crippen molar-refractivity contribution >= 4 is 11.6 Å². The van der Waals surface area contributed by atoms with Gasteiger partial charge >= 0.3 is 0 Å². The molecule has 0 amide bonds. The van der Waals surface area contributed by atoms with E-state index in [4.69, 9.17) is 11.6 Å². The number of rotatable bonds is 5. The average molecular weight is 399 g/mol. The number of nitriles is 1. The molecule has 2 atom stereocenters. The highest BCUT2D eigenvalue weighted by Gasteiger charge is 2.32. The zero-order chi connectivity index (χ0) is 20.1. The maximum Gasteiger partial charge on any atom is 0.138 e. The number of benzene rings is 1. The lowest BCUT2D eigenvalue weighted by atomic mass is 9.79. The van der Waals surface area contributed by atoms with E-state index < -0.39 is 0 Å². The summed E-state index contributed by atoms with van der Waals surface area (Å²) >= 11 is 6.19. The molecule has 3 heterocycles. The van der Waals surface area contributed by atoms with E-state index >= 15 is 0 Å². The van der Waals surface area contributed by atoms with Crippen molar-refractivity contribution in [3.8, 4) is 6.07 Å². The first-order valence-electron chi connectivity index (χ1n) is 8.90. The Hall–Kier alpha value is -3.69. The number of nitrogens with zero attached hydrogens (tertiary/aromatic N) is 6. The molecule has 2 unspecified atom stereocenters. The van der Waals surface area contributed by atoms with E-state index in [0.717, 1.165) is 16.8 Å². The molecule has 0 aliphatic carbocycles. The molecule has 6 nitrogen and oxygen atoms in total. The van der Waals surface area contributed by atoms with Gasteiger partial charge in [-0.2, -0.15) is 5.26 Å². The minimum atomic E-state index is -0.345. The lowest BCUT2D eigenvalue weighted by Crippen LogP contribution is -2.18. The molecule has 0 fully saturated rings. The smallest absolute Gasteiger partial charge is 0.138 e. The topological polar surface area (TPSA) is 88.2 Å². The van der Waals surface area contributed by atoms with Gasteiger partial charge < -0.3 is 0 Å². The second-order valence-electron chi connectivity index (χ2n) is 6.35. The van der Waals surface area contributed by atoms with Crippen molar-refractivity contribution < 1.29 is 0 Å². The molecule has 140 valence electrons. The molecule has 0 radical (unpaired) electrons. The molecular weight excluding hydrogens is 384 g/mol. The van der Waals surface area contributed by atoms with E-state index in [0.29, 0.717) is 16.5 Å². The molecule has 4 rings (SSSR count). The summed E-state index contributed by atoms with van der Waals surface area (Å²) in [6.45, 7) is 0. The second-order valence-corrected chi connectivity index (χ2v) is 6.73. The molecule has 0 saturated carbocycles. The quantitative estimate of drug-likeness (QED) is 0.469. The van der Waals surface area contributed by atoms with Gasteiger partial charge in [-0.25, -0.2) is 9.97 Å². The Bertz CT molecular complexity index is 1110. The van der Waals surface area contributed by atoms with Crippen molar-refractivity contribution in [2.45, 2.75) is 11.8 Å². The predicted octanol–water partition coefficient (Wildman–Crippen LogP) is 4.15. The third kappa shape index (κ3) is 4.10. The van der Waals surface area contributed by atoms with Gasteiger partial charge in [0.05, 0.1) is 23.2 Å². The summed E-state index contributed by atoms with van der Waals surface area (Å²) in [6.07, 6.45) is 10.2. The maximum absolute atomic E-state index is 9.40. The molecule has 0 N–H and O–H groups in total. The summed E-state index contributed by atoms with van der Waals surface area (Å²) in [5.74, 6) is -0.0835. The first-order chi connectivity index (χ1) is 14.3. The summed E-state index contributed by atoms with van der Waals surface area (Å²) in [4.78, 5) is 22.1. The van der Waals surface area contributed by atoms with Gasteiger partial charge in [0.1, 0.15) is 11.0 Å². The number of pyridine rings is 1. The third-order valence-corrected chi connectivity index (χ3v) is 4.78. The van der Waals surface area contributed by atoms with Gasteiger partial charge in [-0.1, -0.05) is 29.8 Å². The van der Waals surface area contributed by atoms with Gasteiger partial charge in [-0.15, -0.1) is 0 Å². The van der Waals surface area contributed by atoms with E-state index in [-0.39, 0.29) is 11.8 Å². The molecule has 0 saturated heterocycles.